The zero-order valence-corrected chi connectivity index (χ0v) is 14.2. The fraction of sp³-hybridized carbons (Fsp3) is 0.200. The molecule has 0 aromatic heterocycles. The monoisotopic (exact) mass is 352 g/mol. The smallest absolute Gasteiger partial charge is 0.323 e. The van der Waals surface area contributed by atoms with Gasteiger partial charge in [0.15, 0.2) is 0 Å². The molecule has 0 spiro atoms. The van der Waals surface area contributed by atoms with Crippen molar-refractivity contribution in [3.05, 3.63) is 53.6 Å². The van der Waals surface area contributed by atoms with Crippen molar-refractivity contribution in [2.24, 2.45) is 5.73 Å². The van der Waals surface area contributed by atoms with Crippen LogP contribution in [0.2, 0.25) is 0 Å². The second-order valence-corrected chi connectivity index (χ2v) is 5.99. The molecule has 6 nitrogen and oxygen atoms in total. The molecule has 2 aromatic rings. The van der Waals surface area contributed by atoms with Crippen LogP contribution in [0.5, 0.6) is 5.75 Å². The standard InChI is InChI=1S/C20H20N2O4/c21-20(25)22-17-6-2-1-5-14(17)8-9-15-13-16(10-11-18(15)22)26-12-4-3-7-19(23)24/h1-2,5-6,8-11,13H,3-4,7,12H2,(H2,21,25)(H,23,24). The number of aliphatic carboxylic acids is 1. The number of unbranched alkanes of at least 4 members (excludes halogenated alkanes) is 1. The molecule has 0 aliphatic carbocycles. The number of benzene rings is 2. The van der Waals surface area contributed by atoms with Gasteiger partial charge in [-0.05, 0) is 42.7 Å². The van der Waals surface area contributed by atoms with Crippen LogP contribution >= 0.6 is 0 Å². The predicted molar refractivity (Wildman–Crippen MR) is 101 cm³/mol. The Bertz CT molecular complexity index is 861. The van der Waals surface area contributed by atoms with Crippen molar-refractivity contribution in [2.75, 3.05) is 11.5 Å². The molecule has 26 heavy (non-hydrogen) atoms. The van der Waals surface area contributed by atoms with E-state index in [1.54, 1.807) is 12.1 Å². The average Bonchev–Trinajstić information content (AvgIpc) is 2.77. The Morgan fingerprint density at radius 3 is 2.50 bits per heavy atom. The van der Waals surface area contributed by atoms with Crippen LogP contribution in [0.3, 0.4) is 0 Å². The van der Waals surface area contributed by atoms with Gasteiger partial charge in [-0.25, -0.2) is 4.79 Å². The SMILES string of the molecule is NC(=O)N1c2ccccc2C=Cc2cc(OCCCCC(=O)O)ccc21. The largest absolute Gasteiger partial charge is 0.494 e. The summed E-state index contributed by atoms with van der Waals surface area (Å²) in [5.74, 6) is -0.134. The molecule has 6 heteroatoms. The summed E-state index contributed by atoms with van der Waals surface area (Å²) in [6, 6.07) is 12.4. The van der Waals surface area contributed by atoms with E-state index in [9.17, 15) is 9.59 Å². The van der Waals surface area contributed by atoms with E-state index >= 15 is 0 Å². The van der Waals surface area contributed by atoms with Crippen LogP contribution < -0.4 is 15.4 Å². The van der Waals surface area contributed by atoms with E-state index in [0.717, 1.165) is 16.8 Å². The van der Waals surface area contributed by atoms with Gasteiger partial charge in [0.25, 0.3) is 0 Å². The van der Waals surface area contributed by atoms with E-state index in [4.69, 9.17) is 15.6 Å². The third-order valence-electron chi connectivity index (χ3n) is 4.13. The fourth-order valence-corrected chi connectivity index (χ4v) is 2.91. The third-order valence-corrected chi connectivity index (χ3v) is 4.13. The minimum absolute atomic E-state index is 0.141. The summed E-state index contributed by atoms with van der Waals surface area (Å²) in [4.78, 5) is 24.1. The van der Waals surface area contributed by atoms with Gasteiger partial charge in [0.2, 0.25) is 0 Å². The number of carboxylic acid groups (broad SMARTS) is 1. The molecule has 0 saturated heterocycles. The van der Waals surface area contributed by atoms with Crippen molar-refractivity contribution < 1.29 is 19.4 Å². The predicted octanol–water partition coefficient (Wildman–Crippen LogP) is 4.02. The van der Waals surface area contributed by atoms with Gasteiger partial charge >= 0.3 is 12.0 Å². The minimum Gasteiger partial charge on any atom is -0.494 e. The number of carbonyl (C=O) groups is 2. The van der Waals surface area contributed by atoms with Crippen molar-refractivity contribution in [1.82, 2.24) is 0 Å². The van der Waals surface area contributed by atoms with Crippen molar-refractivity contribution in [1.29, 1.82) is 0 Å². The van der Waals surface area contributed by atoms with Gasteiger partial charge in [-0.2, -0.15) is 0 Å². The van der Waals surface area contributed by atoms with Crippen LogP contribution in [0.1, 0.15) is 30.4 Å². The number of carbonyl (C=O) groups excluding carboxylic acids is 1. The zero-order chi connectivity index (χ0) is 18.5. The molecule has 0 radical (unpaired) electrons. The molecule has 3 rings (SSSR count). The molecule has 0 fully saturated rings. The molecular weight excluding hydrogens is 332 g/mol. The number of hydrogen-bond acceptors (Lipinski definition) is 3. The lowest BCUT2D eigenvalue weighted by molar-refractivity contribution is -0.137. The van der Waals surface area contributed by atoms with E-state index in [1.165, 1.54) is 4.90 Å². The van der Waals surface area contributed by atoms with Gasteiger partial charge in [-0.3, -0.25) is 9.69 Å². The molecule has 0 atom stereocenters. The Balaban J connectivity index is 1.80. The molecule has 134 valence electrons. The van der Waals surface area contributed by atoms with Gasteiger partial charge < -0.3 is 15.6 Å². The van der Waals surface area contributed by atoms with Crippen LogP contribution in [0.4, 0.5) is 16.2 Å². The Morgan fingerprint density at radius 2 is 1.73 bits per heavy atom. The van der Waals surface area contributed by atoms with Crippen molar-refractivity contribution in [2.45, 2.75) is 19.3 Å². The number of urea groups is 1. The van der Waals surface area contributed by atoms with Crippen LogP contribution in [0.25, 0.3) is 12.2 Å². The number of hydrogen-bond donors (Lipinski definition) is 2. The maximum absolute atomic E-state index is 12.1. The van der Waals surface area contributed by atoms with Crippen LogP contribution in [0.15, 0.2) is 42.5 Å². The number of nitrogens with two attached hydrogens (primary N) is 1. The lowest BCUT2D eigenvalue weighted by atomic mass is 10.1. The first-order chi connectivity index (χ1) is 12.6. The molecule has 0 bridgehead atoms. The maximum atomic E-state index is 12.1. The Kier molecular flexibility index (Phi) is 5.22. The normalized spacial score (nSPS) is 12.1. The number of ether oxygens (including phenoxy) is 1. The van der Waals surface area contributed by atoms with Crippen molar-refractivity contribution in [3.63, 3.8) is 0 Å². The maximum Gasteiger partial charge on any atom is 0.323 e. The van der Waals surface area contributed by atoms with Crippen molar-refractivity contribution in [3.8, 4) is 5.75 Å². The van der Waals surface area contributed by atoms with Gasteiger partial charge in [0.1, 0.15) is 5.75 Å². The fourth-order valence-electron chi connectivity index (χ4n) is 2.91. The lowest BCUT2D eigenvalue weighted by Gasteiger charge is -2.23. The summed E-state index contributed by atoms with van der Waals surface area (Å²) in [7, 11) is 0. The summed E-state index contributed by atoms with van der Waals surface area (Å²) >= 11 is 0. The summed E-state index contributed by atoms with van der Waals surface area (Å²) in [6.45, 7) is 0.440. The Morgan fingerprint density at radius 1 is 1.00 bits per heavy atom. The number of carboxylic acids is 1. The zero-order valence-electron chi connectivity index (χ0n) is 14.2. The highest BCUT2D eigenvalue weighted by atomic mass is 16.5. The van der Waals surface area contributed by atoms with Crippen molar-refractivity contribution >= 4 is 35.5 Å². The Labute approximate surface area is 151 Å². The topological polar surface area (TPSA) is 92.9 Å². The number of amides is 2. The quantitative estimate of drug-likeness (QED) is 0.768. The molecule has 0 saturated carbocycles. The second kappa shape index (κ2) is 7.74. The van der Waals surface area contributed by atoms with E-state index in [-0.39, 0.29) is 6.42 Å². The first-order valence-corrected chi connectivity index (χ1v) is 8.41. The molecule has 0 unspecified atom stereocenters. The second-order valence-electron chi connectivity index (χ2n) is 5.99. The van der Waals surface area contributed by atoms with Crippen LogP contribution in [-0.4, -0.2) is 23.7 Å². The number of nitrogens with zero attached hydrogens (tertiary/aromatic N) is 1. The van der Waals surface area contributed by atoms with Gasteiger partial charge in [-0.15, -0.1) is 0 Å². The van der Waals surface area contributed by atoms with E-state index in [0.29, 0.717) is 30.9 Å². The van der Waals surface area contributed by atoms with Gasteiger partial charge in [0.05, 0.1) is 18.0 Å². The third kappa shape index (κ3) is 3.85. The summed E-state index contributed by atoms with van der Waals surface area (Å²) in [5.41, 5.74) is 8.77. The number of fused-ring (bicyclic) bond motifs is 2. The molecule has 1 aliphatic rings. The highest BCUT2D eigenvalue weighted by Gasteiger charge is 2.22. The molecule has 2 aromatic carbocycles. The summed E-state index contributed by atoms with van der Waals surface area (Å²) < 4.78 is 5.71. The first kappa shape index (κ1) is 17.5. The highest BCUT2D eigenvalue weighted by Crippen LogP contribution is 2.37. The number of para-hydroxylation sites is 1. The minimum atomic E-state index is -0.800. The molecule has 2 amide bonds. The first-order valence-electron chi connectivity index (χ1n) is 8.41. The number of anilines is 2. The highest BCUT2D eigenvalue weighted by molar-refractivity contribution is 6.05. The lowest BCUT2D eigenvalue weighted by Crippen LogP contribution is -2.32. The Hall–Kier alpha value is -3.28. The summed E-state index contributed by atoms with van der Waals surface area (Å²) in [5, 5.41) is 8.64. The van der Waals surface area contributed by atoms with Crippen LogP contribution in [-0.2, 0) is 4.79 Å². The molecule has 1 aliphatic heterocycles. The van der Waals surface area contributed by atoms with Gasteiger partial charge in [0, 0.05) is 12.0 Å². The number of rotatable bonds is 6. The summed E-state index contributed by atoms with van der Waals surface area (Å²) in [6.07, 6.45) is 5.24. The molecular formula is C20H20N2O4. The van der Waals surface area contributed by atoms with E-state index < -0.39 is 12.0 Å². The van der Waals surface area contributed by atoms with Gasteiger partial charge in [-0.1, -0.05) is 30.4 Å². The van der Waals surface area contributed by atoms with E-state index in [1.807, 2.05) is 42.5 Å². The number of primary amides is 1. The molecule has 3 N–H and O–H groups in total. The van der Waals surface area contributed by atoms with E-state index in [2.05, 4.69) is 0 Å². The van der Waals surface area contributed by atoms with Crippen LogP contribution in [0, 0.1) is 0 Å². The molecule has 1 heterocycles. The average molecular weight is 352 g/mol.